The van der Waals surface area contributed by atoms with E-state index in [0.29, 0.717) is 18.7 Å². The zero-order valence-electron chi connectivity index (χ0n) is 13.9. The number of hydrazone groups is 1. The molecule has 2 aliphatic rings. The lowest BCUT2D eigenvalue weighted by atomic mass is 9.94. The van der Waals surface area contributed by atoms with Crippen LogP contribution in [0, 0.1) is 0 Å². The van der Waals surface area contributed by atoms with E-state index in [9.17, 15) is 9.59 Å². The Hall–Kier alpha value is -3.35. The Morgan fingerprint density at radius 3 is 2.88 bits per heavy atom. The molecule has 0 radical (unpaired) electrons. The molecule has 1 atom stereocenters. The second-order valence-corrected chi connectivity index (χ2v) is 6.53. The highest BCUT2D eigenvalue weighted by Crippen LogP contribution is 2.32. The monoisotopic (exact) mass is 348 g/mol. The Kier molecular flexibility index (Phi) is 3.21. The smallest absolute Gasteiger partial charge is 0.266 e. The maximum absolute atomic E-state index is 12.9. The van der Waals surface area contributed by atoms with Gasteiger partial charge in [0.25, 0.3) is 5.91 Å². The van der Waals surface area contributed by atoms with Crippen LogP contribution < -0.4 is 0 Å². The van der Waals surface area contributed by atoms with Crippen molar-refractivity contribution in [2.45, 2.75) is 19.0 Å². The number of aromatic amines is 1. The third kappa shape index (κ3) is 2.24. The van der Waals surface area contributed by atoms with E-state index in [1.165, 1.54) is 17.5 Å². The molecule has 0 bridgehead atoms. The highest BCUT2D eigenvalue weighted by atomic mass is 16.3. The van der Waals surface area contributed by atoms with E-state index < -0.39 is 6.04 Å². The van der Waals surface area contributed by atoms with E-state index in [-0.39, 0.29) is 18.4 Å². The number of hydrogen-bond acceptors (Lipinski definition) is 4. The Morgan fingerprint density at radius 1 is 1.15 bits per heavy atom. The number of aromatic nitrogens is 1. The van der Waals surface area contributed by atoms with Crippen LogP contribution in [0.3, 0.4) is 0 Å². The molecular formula is C19H16N4O3. The molecule has 4 heterocycles. The van der Waals surface area contributed by atoms with Gasteiger partial charge < -0.3 is 14.3 Å². The summed E-state index contributed by atoms with van der Waals surface area (Å²) >= 11 is 0. The van der Waals surface area contributed by atoms with Gasteiger partial charge in [-0.3, -0.25) is 9.59 Å². The summed E-state index contributed by atoms with van der Waals surface area (Å²) in [4.78, 5) is 30.5. The first-order valence-corrected chi connectivity index (χ1v) is 8.47. The quantitative estimate of drug-likeness (QED) is 0.718. The lowest BCUT2D eigenvalue weighted by molar-refractivity contribution is -0.157. The molecule has 1 saturated heterocycles. The number of rotatable bonds is 2. The number of benzene rings is 1. The van der Waals surface area contributed by atoms with E-state index in [0.717, 1.165) is 22.2 Å². The number of nitrogens with zero attached hydrogens (tertiary/aromatic N) is 3. The predicted molar refractivity (Wildman–Crippen MR) is 94.4 cm³/mol. The zero-order valence-corrected chi connectivity index (χ0v) is 13.9. The third-order valence-electron chi connectivity index (χ3n) is 5.02. The summed E-state index contributed by atoms with van der Waals surface area (Å²) in [5, 5.41) is 6.52. The van der Waals surface area contributed by atoms with E-state index >= 15 is 0 Å². The first-order valence-electron chi connectivity index (χ1n) is 8.47. The minimum absolute atomic E-state index is 0.0535. The molecule has 1 aromatic carbocycles. The first-order chi connectivity index (χ1) is 12.7. The number of amides is 2. The van der Waals surface area contributed by atoms with E-state index in [2.05, 4.69) is 10.1 Å². The van der Waals surface area contributed by atoms with Crippen molar-refractivity contribution in [1.82, 2.24) is 14.9 Å². The summed E-state index contributed by atoms with van der Waals surface area (Å²) in [6, 6.07) is 11.0. The summed E-state index contributed by atoms with van der Waals surface area (Å²) in [5.41, 5.74) is 3.15. The topological polar surface area (TPSA) is 81.9 Å². The van der Waals surface area contributed by atoms with Gasteiger partial charge >= 0.3 is 0 Å². The number of hydrogen-bond donors (Lipinski definition) is 1. The third-order valence-corrected chi connectivity index (χ3v) is 5.02. The number of furan rings is 1. The number of carbonyl (C=O) groups excluding carboxylic acids is 2. The van der Waals surface area contributed by atoms with Crippen LogP contribution >= 0.6 is 0 Å². The van der Waals surface area contributed by atoms with Crippen LogP contribution in [-0.4, -0.2) is 45.5 Å². The van der Waals surface area contributed by atoms with Gasteiger partial charge in [-0.15, -0.1) is 0 Å². The summed E-state index contributed by atoms with van der Waals surface area (Å²) in [7, 11) is 0. The molecule has 1 N–H and O–H groups in total. The molecule has 0 unspecified atom stereocenters. The van der Waals surface area contributed by atoms with Crippen LogP contribution in [0.5, 0.6) is 0 Å². The van der Waals surface area contributed by atoms with Gasteiger partial charge in [0.15, 0.2) is 0 Å². The normalized spacial score (nSPS) is 20.1. The minimum atomic E-state index is -0.517. The van der Waals surface area contributed by atoms with Gasteiger partial charge in [-0.1, -0.05) is 18.2 Å². The summed E-state index contributed by atoms with van der Waals surface area (Å²) in [5.74, 6) is 0.272. The average Bonchev–Trinajstić information content (AvgIpc) is 3.29. The van der Waals surface area contributed by atoms with Crippen LogP contribution in [-0.2, 0) is 22.6 Å². The van der Waals surface area contributed by atoms with E-state index in [1.807, 2.05) is 24.3 Å². The maximum atomic E-state index is 12.9. The van der Waals surface area contributed by atoms with E-state index in [4.69, 9.17) is 4.42 Å². The lowest BCUT2D eigenvalue weighted by Gasteiger charge is -2.40. The molecule has 5 rings (SSSR count). The molecule has 1 fully saturated rings. The van der Waals surface area contributed by atoms with Crippen LogP contribution in [0.25, 0.3) is 10.9 Å². The molecule has 26 heavy (non-hydrogen) atoms. The fourth-order valence-electron chi connectivity index (χ4n) is 3.75. The Bertz CT molecular complexity index is 1030. The second kappa shape index (κ2) is 5.59. The van der Waals surface area contributed by atoms with Gasteiger partial charge in [-0.2, -0.15) is 5.10 Å². The fraction of sp³-hybridized carbons (Fsp3) is 0.211. The minimum Gasteiger partial charge on any atom is -0.463 e. The summed E-state index contributed by atoms with van der Waals surface area (Å²) < 4.78 is 5.19. The van der Waals surface area contributed by atoms with Gasteiger partial charge in [0.1, 0.15) is 18.3 Å². The van der Waals surface area contributed by atoms with Crippen molar-refractivity contribution in [2.75, 3.05) is 6.54 Å². The Balaban J connectivity index is 1.48. The number of fused-ring (bicyclic) bond motifs is 4. The van der Waals surface area contributed by atoms with Crippen LogP contribution in [0.4, 0.5) is 0 Å². The van der Waals surface area contributed by atoms with Crippen molar-refractivity contribution in [3.63, 3.8) is 0 Å². The van der Waals surface area contributed by atoms with Crippen molar-refractivity contribution < 1.29 is 14.0 Å². The number of carbonyl (C=O) groups is 2. The maximum Gasteiger partial charge on any atom is 0.266 e. The molecule has 3 aromatic rings. The molecule has 2 aliphatic heterocycles. The summed E-state index contributed by atoms with van der Waals surface area (Å²) in [6.07, 6.45) is 3.49. The van der Waals surface area contributed by atoms with Gasteiger partial charge in [-0.25, -0.2) is 5.01 Å². The highest BCUT2D eigenvalue weighted by Gasteiger charge is 2.43. The van der Waals surface area contributed by atoms with Crippen molar-refractivity contribution in [2.24, 2.45) is 5.10 Å². The average molecular weight is 348 g/mol. The van der Waals surface area contributed by atoms with Gasteiger partial charge in [0.05, 0.1) is 19.0 Å². The number of nitrogens with one attached hydrogen (secondary N) is 1. The second-order valence-electron chi connectivity index (χ2n) is 6.53. The molecule has 0 aliphatic carbocycles. The molecule has 7 heteroatoms. The molecule has 2 aromatic heterocycles. The van der Waals surface area contributed by atoms with Crippen LogP contribution in [0.2, 0.25) is 0 Å². The van der Waals surface area contributed by atoms with Crippen LogP contribution in [0.1, 0.15) is 17.0 Å². The number of H-pyrrole nitrogens is 1. The summed E-state index contributed by atoms with van der Waals surface area (Å²) in [6.45, 7) is 0.372. The Labute approximate surface area is 148 Å². The largest absolute Gasteiger partial charge is 0.463 e. The fourth-order valence-corrected chi connectivity index (χ4v) is 3.75. The van der Waals surface area contributed by atoms with Crippen LogP contribution in [0.15, 0.2) is 52.2 Å². The predicted octanol–water partition coefficient (Wildman–Crippen LogP) is 1.89. The lowest BCUT2D eigenvalue weighted by Crippen LogP contribution is -2.60. The molecule has 130 valence electrons. The van der Waals surface area contributed by atoms with E-state index in [1.54, 1.807) is 17.0 Å². The van der Waals surface area contributed by atoms with Gasteiger partial charge in [-0.05, 0) is 23.8 Å². The molecule has 0 saturated carbocycles. The van der Waals surface area contributed by atoms with Gasteiger partial charge in [0.2, 0.25) is 5.91 Å². The number of para-hydroxylation sites is 1. The molecule has 7 nitrogen and oxygen atoms in total. The molecule has 0 spiro atoms. The number of piperazine rings is 1. The SMILES string of the molecule is O=C1[C@H]2Cc3c([nH]c4ccccc34)CN2C(=O)CN1/N=C\c1ccco1. The first kappa shape index (κ1) is 14.9. The Morgan fingerprint density at radius 2 is 2.04 bits per heavy atom. The van der Waals surface area contributed by atoms with Crippen molar-refractivity contribution in [1.29, 1.82) is 0 Å². The van der Waals surface area contributed by atoms with Crippen molar-refractivity contribution >= 4 is 28.9 Å². The van der Waals surface area contributed by atoms with Gasteiger partial charge in [0, 0.05) is 23.0 Å². The van der Waals surface area contributed by atoms with Crippen molar-refractivity contribution in [3.8, 4) is 0 Å². The highest BCUT2D eigenvalue weighted by molar-refractivity contribution is 5.97. The van der Waals surface area contributed by atoms with Crippen molar-refractivity contribution in [3.05, 3.63) is 59.7 Å². The zero-order chi connectivity index (χ0) is 17.7. The standard InChI is InChI=1S/C19H16N4O3/c24-18-11-23(20-9-12-4-3-7-26-12)19(25)17-8-14-13-5-1-2-6-15(13)21-16(14)10-22(17)18/h1-7,9,17,21H,8,10-11H2/b20-9-/t17-/m1/s1. The molecule has 2 amide bonds. The molecular weight excluding hydrogens is 332 g/mol.